The summed E-state index contributed by atoms with van der Waals surface area (Å²) in [6.07, 6.45) is -5.84. The summed E-state index contributed by atoms with van der Waals surface area (Å²) in [5.41, 5.74) is -0.771. The summed E-state index contributed by atoms with van der Waals surface area (Å²) in [6, 6.07) is 3.39. The van der Waals surface area contributed by atoms with Crippen molar-refractivity contribution in [2.75, 3.05) is 6.61 Å². The summed E-state index contributed by atoms with van der Waals surface area (Å²) in [5.74, 6) is -0.557. The first-order chi connectivity index (χ1) is 11.4. The van der Waals surface area contributed by atoms with Gasteiger partial charge in [0.1, 0.15) is 11.4 Å². The van der Waals surface area contributed by atoms with Crippen LogP contribution in [0.2, 0.25) is 0 Å². The number of hydrogen-bond acceptors (Lipinski definition) is 4. The molecule has 1 aromatic carbocycles. The number of carbonyl (C=O) groups is 1. The summed E-state index contributed by atoms with van der Waals surface area (Å²) >= 11 is 0. The van der Waals surface area contributed by atoms with Gasteiger partial charge in [0.05, 0.1) is 12.6 Å². The minimum Gasteiger partial charge on any atom is -0.444 e. The van der Waals surface area contributed by atoms with Crippen molar-refractivity contribution < 1.29 is 41.0 Å². The number of halogens is 5. The van der Waals surface area contributed by atoms with Crippen molar-refractivity contribution in [3.63, 3.8) is 0 Å². The molecule has 0 unspecified atom stereocenters. The third-order valence-corrected chi connectivity index (χ3v) is 2.57. The fourth-order valence-corrected chi connectivity index (χ4v) is 1.77. The second-order valence-electron chi connectivity index (χ2n) is 5.91. The molecule has 0 saturated carbocycles. The molecule has 0 bridgehead atoms. The Labute approximate surface area is 141 Å². The Kier molecular flexibility index (Phi) is 6.97. The standard InChI is InChI=1S/C15H18F5NO4/c1-14(2,3)25-13(22)21-11(8-23-12(16)17)9-5-4-6-10(7-9)24-15(18,19)20/h4-7,11-12H,8H2,1-3H3,(H,21,22)/t11-/m0/s1. The number of carbonyl (C=O) groups excluding carboxylic acids is 1. The second kappa shape index (κ2) is 8.32. The van der Waals surface area contributed by atoms with Gasteiger partial charge in [-0.1, -0.05) is 12.1 Å². The largest absolute Gasteiger partial charge is 0.573 e. The second-order valence-corrected chi connectivity index (χ2v) is 5.91. The molecule has 25 heavy (non-hydrogen) atoms. The fourth-order valence-electron chi connectivity index (χ4n) is 1.77. The summed E-state index contributed by atoms with van der Waals surface area (Å²) in [7, 11) is 0. The van der Waals surface area contributed by atoms with E-state index < -0.39 is 43.1 Å². The average Bonchev–Trinajstić information content (AvgIpc) is 2.39. The van der Waals surface area contributed by atoms with Gasteiger partial charge in [0.15, 0.2) is 0 Å². The Morgan fingerprint density at radius 1 is 1.20 bits per heavy atom. The molecule has 0 aliphatic rings. The van der Waals surface area contributed by atoms with Crippen molar-refractivity contribution in [3.8, 4) is 5.75 Å². The zero-order chi connectivity index (χ0) is 19.3. The van der Waals surface area contributed by atoms with Gasteiger partial charge in [0.25, 0.3) is 0 Å². The first kappa shape index (κ1) is 20.9. The molecule has 1 N–H and O–H groups in total. The summed E-state index contributed by atoms with van der Waals surface area (Å²) < 4.78 is 74.4. The number of rotatable bonds is 6. The molecule has 1 aromatic rings. The van der Waals surface area contributed by atoms with Crippen molar-refractivity contribution in [3.05, 3.63) is 29.8 Å². The SMILES string of the molecule is CC(C)(C)OC(=O)N[C@@H](COC(F)F)c1cccc(OC(F)(F)F)c1. The lowest BCUT2D eigenvalue weighted by atomic mass is 10.1. The topological polar surface area (TPSA) is 56.8 Å². The Morgan fingerprint density at radius 2 is 1.84 bits per heavy atom. The molecule has 1 atom stereocenters. The quantitative estimate of drug-likeness (QED) is 0.754. The molecule has 5 nitrogen and oxygen atoms in total. The van der Waals surface area contributed by atoms with Gasteiger partial charge in [-0.25, -0.2) is 4.79 Å². The van der Waals surface area contributed by atoms with E-state index in [4.69, 9.17) is 4.74 Å². The van der Waals surface area contributed by atoms with Gasteiger partial charge >= 0.3 is 19.1 Å². The van der Waals surface area contributed by atoms with Crippen molar-refractivity contribution >= 4 is 6.09 Å². The third-order valence-electron chi connectivity index (χ3n) is 2.57. The minimum absolute atomic E-state index is 0.0771. The Morgan fingerprint density at radius 3 is 2.36 bits per heavy atom. The first-order valence-corrected chi connectivity index (χ1v) is 7.11. The van der Waals surface area contributed by atoms with Crippen molar-refractivity contribution in [2.24, 2.45) is 0 Å². The van der Waals surface area contributed by atoms with E-state index in [-0.39, 0.29) is 5.56 Å². The van der Waals surface area contributed by atoms with E-state index in [2.05, 4.69) is 14.8 Å². The highest BCUT2D eigenvalue weighted by Gasteiger charge is 2.31. The zero-order valence-corrected chi connectivity index (χ0v) is 13.7. The van der Waals surface area contributed by atoms with E-state index in [0.717, 1.165) is 12.1 Å². The number of hydrogen-bond donors (Lipinski definition) is 1. The highest BCUT2D eigenvalue weighted by molar-refractivity contribution is 5.68. The molecule has 1 amide bonds. The van der Waals surface area contributed by atoms with Crippen LogP contribution >= 0.6 is 0 Å². The highest BCUT2D eigenvalue weighted by atomic mass is 19.4. The molecule has 0 aromatic heterocycles. The maximum absolute atomic E-state index is 12.3. The van der Waals surface area contributed by atoms with Gasteiger partial charge in [-0.05, 0) is 38.5 Å². The van der Waals surface area contributed by atoms with E-state index in [1.807, 2.05) is 0 Å². The Balaban J connectivity index is 2.95. The van der Waals surface area contributed by atoms with Crippen molar-refractivity contribution in [1.29, 1.82) is 0 Å². The lowest BCUT2D eigenvalue weighted by molar-refractivity contribution is -0.274. The van der Waals surface area contributed by atoms with Crippen LogP contribution in [0.3, 0.4) is 0 Å². The molecule has 0 fully saturated rings. The van der Waals surface area contributed by atoms with Crippen molar-refractivity contribution in [2.45, 2.75) is 45.4 Å². The van der Waals surface area contributed by atoms with Gasteiger partial charge < -0.3 is 19.5 Å². The number of nitrogens with one attached hydrogen (secondary N) is 1. The number of amides is 1. The number of benzene rings is 1. The molecule has 0 aliphatic carbocycles. The molecule has 10 heteroatoms. The predicted octanol–water partition coefficient (Wildman–Crippen LogP) is 4.39. The molecular formula is C15H18F5NO4. The summed E-state index contributed by atoms with van der Waals surface area (Å²) in [6.45, 7) is 0.989. The van der Waals surface area contributed by atoms with Crippen LogP contribution in [0.1, 0.15) is 32.4 Å². The van der Waals surface area contributed by atoms with Gasteiger partial charge in [-0.3, -0.25) is 0 Å². The monoisotopic (exact) mass is 371 g/mol. The number of alkyl halides is 5. The van der Waals surface area contributed by atoms with Crippen LogP contribution in [-0.2, 0) is 9.47 Å². The van der Waals surface area contributed by atoms with Crippen LogP contribution in [0, 0.1) is 0 Å². The van der Waals surface area contributed by atoms with E-state index in [1.165, 1.54) is 12.1 Å². The molecule has 0 aliphatic heterocycles. The third kappa shape index (κ3) is 9.08. The highest BCUT2D eigenvalue weighted by Crippen LogP contribution is 2.26. The van der Waals surface area contributed by atoms with Gasteiger partial charge in [-0.2, -0.15) is 8.78 Å². The van der Waals surface area contributed by atoms with E-state index in [9.17, 15) is 26.7 Å². The first-order valence-electron chi connectivity index (χ1n) is 7.11. The van der Waals surface area contributed by atoms with Crippen LogP contribution in [-0.4, -0.2) is 31.3 Å². The van der Waals surface area contributed by atoms with Crippen LogP contribution in [0.15, 0.2) is 24.3 Å². The van der Waals surface area contributed by atoms with E-state index in [0.29, 0.717) is 0 Å². The van der Waals surface area contributed by atoms with Crippen LogP contribution in [0.5, 0.6) is 5.75 Å². The molecule has 0 saturated heterocycles. The lowest BCUT2D eigenvalue weighted by Gasteiger charge is -2.24. The Hall–Kier alpha value is -2.10. The zero-order valence-electron chi connectivity index (χ0n) is 13.7. The summed E-state index contributed by atoms with van der Waals surface area (Å²) in [5, 5.41) is 2.28. The smallest absolute Gasteiger partial charge is 0.444 e. The van der Waals surface area contributed by atoms with Crippen molar-refractivity contribution in [1.82, 2.24) is 5.32 Å². The molecular weight excluding hydrogens is 353 g/mol. The molecule has 0 radical (unpaired) electrons. The van der Waals surface area contributed by atoms with E-state index >= 15 is 0 Å². The summed E-state index contributed by atoms with van der Waals surface area (Å²) in [4.78, 5) is 11.8. The van der Waals surface area contributed by atoms with Gasteiger partial charge in [0, 0.05) is 0 Å². The lowest BCUT2D eigenvalue weighted by Crippen LogP contribution is -2.37. The van der Waals surface area contributed by atoms with Gasteiger partial charge in [0.2, 0.25) is 0 Å². The number of alkyl carbamates (subject to hydrolysis) is 1. The fraction of sp³-hybridized carbons (Fsp3) is 0.533. The molecule has 1 rings (SSSR count). The minimum atomic E-state index is -4.91. The van der Waals surface area contributed by atoms with E-state index in [1.54, 1.807) is 20.8 Å². The van der Waals surface area contributed by atoms with Gasteiger partial charge in [-0.15, -0.1) is 13.2 Å². The maximum atomic E-state index is 12.3. The average molecular weight is 371 g/mol. The molecule has 0 heterocycles. The predicted molar refractivity (Wildman–Crippen MR) is 77.2 cm³/mol. The molecule has 0 spiro atoms. The number of ether oxygens (including phenoxy) is 3. The van der Waals surface area contributed by atoms with Crippen LogP contribution in [0.25, 0.3) is 0 Å². The van der Waals surface area contributed by atoms with Crippen LogP contribution in [0.4, 0.5) is 26.7 Å². The normalized spacial score (nSPS) is 13.5. The molecule has 142 valence electrons. The maximum Gasteiger partial charge on any atom is 0.573 e. The van der Waals surface area contributed by atoms with Crippen LogP contribution < -0.4 is 10.1 Å². The Bertz CT molecular complexity index is 572.